The first kappa shape index (κ1) is 13.3. The number of fused-ring (bicyclic) bond motifs is 1. The minimum atomic E-state index is 0.831. The molecule has 0 saturated heterocycles. The Morgan fingerprint density at radius 1 is 0.905 bits per heavy atom. The predicted molar refractivity (Wildman–Crippen MR) is 82.5 cm³/mol. The van der Waals surface area contributed by atoms with Gasteiger partial charge in [-0.1, -0.05) is 24.1 Å². The SMILES string of the molecule is C(#Cc1ccccn1)CCCCn1nc2ccccc2n1. The molecule has 2 heterocycles. The molecule has 3 aromatic rings. The van der Waals surface area contributed by atoms with Crippen LogP contribution in [0.5, 0.6) is 0 Å². The molecule has 0 N–H and O–H groups in total. The van der Waals surface area contributed by atoms with Gasteiger partial charge in [-0.3, -0.25) is 0 Å². The Kier molecular flexibility index (Phi) is 4.23. The summed E-state index contributed by atoms with van der Waals surface area (Å²) >= 11 is 0. The molecular formula is C17H16N4. The van der Waals surface area contributed by atoms with Gasteiger partial charge in [0.1, 0.15) is 16.7 Å². The first-order valence-electron chi connectivity index (χ1n) is 7.11. The van der Waals surface area contributed by atoms with Crippen LogP contribution in [0.1, 0.15) is 25.0 Å². The summed E-state index contributed by atoms with van der Waals surface area (Å²) in [5, 5.41) is 8.88. The zero-order valence-corrected chi connectivity index (χ0v) is 11.7. The lowest BCUT2D eigenvalue weighted by Gasteiger charge is -1.96. The quantitative estimate of drug-likeness (QED) is 0.543. The standard InChI is InChI=1S/C17H16N4/c1(3-9-15-10-6-7-13-18-15)2-8-14-21-19-16-11-4-5-12-17(16)20-21/h4-7,10-13H,1-2,8,14H2. The number of aromatic nitrogens is 4. The van der Waals surface area contributed by atoms with E-state index >= 15 is 0 Å². The maximum absolute atomic E-state index is 4.44. The molecule has 104 valence electrons. The fraction of sp³-hybridized carbons (Fsp3) is 0.235. The Morgan fingerprint density at radius 3 is 2.38 bits per heavy atom. The third-order valence-electron chi connectivity index (χ3n) is 3.12. The van der Waals surface area contributed by atoms with E-state index in [1.54, 1.807) is 11.0 Å². The van der Waals surface area contributed by atoms with Crippen LogP contribution in [0.4, 0.5) is 0 Å². The van der Waals surface area contributed by atoms with E-state index < -0.39 is 0 Å². The molecule has 3 rings (SSSR count). The maximum Gasteiger partial charge on any atom is 0.113 e. The van der Waals surface area contributed by atoms with Crippen molar-refractivity contribution in [1.29, 1.82) is 0 Å². The Morgan fingerprint density at radius 2 is 1.67 bits per heavy atom. The lowest BCUT2D eigenvalue weighted by molar-refractivity contribution is 0.508. The Bertz CT molecular complexity index is 732. The number of hydrogen-bond donors (Lipinski definition) is 0. The molecule has 0 aliphatic carbocycles. The molecule has 0 amide bonds. The smallest absolute Gasteiger partial charge is 0.113 e. The van der Waals surface area contributed by atoms with Gasteiger partial charge in [0.2, 0.25) is 0 Å². The van der Waals surface area contributed by atoms with Gasteiger partial charge in [-0.15, -0.1) is 0 Å². The third kappa shape index (κ3) is 3.67. The van der Waals surface area contributed by atoms with Crippen molar-refractivity contribution in [3.8, 4) is 11.8 Å². The van der Waals surface area contributed by atoms with E-state index in [4.69, 9.17) is 0 Å². The van der Waals surface area contributed by atoms with Crippen LogP contribution in [0.2, 0.25) is 0 Å². The minimum absolute atomic E-state index is 0.831. The summed E-state index contributed by atoms with van der Waals surface area (Å²) in [6.07, 6.45) is 4.70. The summed E-state index contributed by atoms with van der Waals surface area (Å²) in [6.45, 7) is 0.833. The summed E-state index contributed by atoms with van der Waals surface area (Å²) in [6, 6.07) is 13.7. The Hall–Kier alpha value is -2.67. The van der Waals surface area contributed by atoms with Gasteiger partial charge in [-0.25, -0.2) is 4.98 Å². The molecule has 0 radical (unpaired) electrons. The van der Waals surface area contributed by atoms with E-state index in [2.05, 4.69) is 27.0 Å². The first-order chi connectivity index (χ1) is 10.4. The summed E-state index contributed by atoms with van der Waals surface area (Å²) < 4.78 is 0. The van der Waals surface area contributed by atoms with Crippen LogP contribution in [-0.4, -0.2) is 20.0 Å². The number of nitrogens with zero attached hydrogens (tertiary/aromatic N) is 4. The second kappa shape index (κ2) is 6.67. The second-order valence-electron chi connectivity index (χ2n) is 4.76. The molecule has 0 fully saturated rings. The van der Waals surface area contributed by atoms with Crippen LogP contribution in [-0.2, 0) is 6.54 Å². The van der Waals surface area contributed by atoms with Crippen LogP contribution in [0.25, 0.3) is 11.0 Å². The van der Waals surface area contributed by atoms with Crippen molar-refractivity contribution in [2.75, 3.05) is 0 Å². The van der Waals surface area contributed by atoms with Gasteiger partial charge in [0.25, 0.3) is 0 Å². The van der Waals surface area contributed by atoms with Crippen LogP contribution in [0.3, 0.4) is 0 Å². The molecule has 0 unspecified atom stereocenters. The molecule has 2 aromatic heterocycles. The maximum atomic E-state index is 4.44. The highest BCUT2D eigenvalue weighted by molar-refractivity contribution is 5.72. The van der Waals surface area contributed by atoms with Crippen LogP contribution < -0.4 is 0 Å². The van der Waals surface area contributed by atoms with Gasteiger partial charge in [0, 0.05) is 12.6 Å². The van der Waals surface area contributed by atoms with E-state index in [-0.39, 0.29) is 0 Å². The number of hydrogen-bond acceptors (Lipinski definition) is 3. The molecule has 0 bridgehead atoms. The van der Waals surface area contributed by atoms with Crippen LogP contribution in [0.15, 0.2) is 48.7 Å². The molecule has 21 heavy (non-hydrogen) atoms. The molecule has 0 aliphatic rings. The third-order valence-corrected chi connectivity index (χ3v) is 3.12. The van der Waals surface area contributed by atoms with Gasteiger partial charge >= 0.3 is 0 Å². The predicted octanol–water partition coefficient (Wildman–Crippen LogP) is 3.05. The number of rotatable bonds is 4. The van der Waals surface area contributed by atoms with Gasteiger partial charge in [0.05, 0.1) is 6.54 Å². The number of pyridine rings is 1. The highest BCUT2D eigenvalue weighted by Gasteiger charge is 2.00. The zero-order valence-electron chi connectivity index (χ0n) is 11.7. The minimum Gasteiger partial charge on any atom is -0.248 e. The zero-order chi connectivity index (χ0) is 14.3. The first-order valence-corrected chi connectivity index (χ1v) is 7.11. The average molecular weight is 276 g/mol. The molecular weight excluding hydrogens is 260 g/mol. The summed E-state index contributed by atoms with van der Waals surface area (Å²) in [4.78, 5) is 5.95. The van der Waals surface area contributed by atoms with E-state index in [1.807, 2.05) is 42.5 Å². The van der Waals surface area contributed by atoms with Crippen LogP contribution >= 0.6 is 0 Å². The summed E-state index contributed by atoms with van der Waals surface area (Å²) in [5.74, 6) is 6.22. The topological polar surface area (TPSA) is 43.6 Å². The van der Waals surface area contributed by atoms with E-state index in [0.717, 1.165) is 42.5 Å². The van der Waals surface area contributed by atoms with Crippen molar-refractivity contribution in [2.45, 2.75) is 25.8 Å². The normalized spacial score (nSPS) is 10.3. The van der Waals surface area contributed by atoms with Crippen molar-refractivity contribution < 1.29 is 0 Å². The molecule has 0 aliphatic heterocycles. The lowest BCUT2D eigenvalue weighted by atomic mass is 10.2. The largest absolute Gasteiger partial charge is 0.248 e. The van der Waals surface area contributed by atoms with Crippen molar-refractivity contribution >= 4 is 11.0 Å². The number of unbranched alkanes of at least 4 members (excludes halogenated alkanes) is 2. The van der Waals surface area contributed by atoms with Gasteiger partial charge in [-0.05, 0) is 43.0 Å². The summed E-state index contributed by atoms with van der Waals surface area (Å²) in [5.41, 5.74) is 2.73. The van der Waals surface area contributed by atoms with E-state index in [0.29, 0.717) is 0 Å². The average Bonchev–Trinajstić information content (AvgIpc) is 2.94. The molecule has 4 nitrogen and oxygen atoms in total. The lowest BCUT2D eigenvalue weighted by Crippen LogP contribution is -2.01. The van der Waals surface area contributed by atoms with Crippen molar-refractivity contribution in [3.05, 3.63) is 54.4 Å². The van der Waals surface area contributed by atoms with Crippen molar-refractivity contribution in [1.82, 2.24) is 20.0 Å². The van der Waals surface area contributed by atoms with Gasteiger partial charge in [-0.2, -0.15) is 15.0 Å². The summed E-state index contributed by atoms with van der Waals surface area (Å²) in [7, 11) is 0. The van der Waals surface area contributed by atoms with E-state index in [1.165, 1.54) is 0 Å². The highest BCUT2D eigenvalue weighted by Crippen LogP contribution is 2.07. The monoisotopic (exact) mass is 276 g/mol. The molecule has 0 atom stereocenters. The fourth-order valence-electron chi connectivity index (χ4n) is 2.06. The number of benzene rings is 1. The number of aryl methyl sites for hydroxylation is 1. The Labute approximate surface area is 123 Å². The van der Waals surface area contributed by atoms with Gasteiger partial charge < -0.3 is 0 Å². The second-order valence-corrected chi connectivity index (χ2v) is 4.76. The molecule has 0 spiro atoms. The highest BCUT2D eigenvalue weighted by atomic mass is 15.5. The van der Waals surface area contributed by atoms with Crippen molar-refractivity contribution in [3.63, 3.8) is 0 Å². The van der Waals surface area contributed by atoms with E-state index in [9.17, 15) is 0 Å². The van der Waals surface area contributed by atoms with Gasteiger partial charge in [0.15, 0.2) is 0 Å². The Balaban J connectivity index is 1.45. The molecule has 1 aromatic carbocycles. The molecule has 0 saturated carbocycles. The van der Waals surface area contributed by atoms with Crippen LogP contribution in [0, 0.1) is 11.8 Å². The molecule has 4 heteroatoms. The fourth-order valence-corrected chi connectivity index (χ4v) is 2.06. The van der Waals surface area contributed by atoms with Crippen molar-refractivity contribution in [2.24, 2.45) is 0 Å².